The molecule has 1 saturated heterocycles. The van der Waals surface area contributed by atoms with Crippen LogP contribution in [0.5, 0.6) is 5.75 Å². The number of hydrogen-bond donors (Lipinski definition) is 2. The second-order valence-corrected chi connectivity index (χ2v) is 12.5. The monoisotopic (exact) mass is 658 g/mol. The van der Waals surface area contributed by atoms with E-state index < -0.39 is 0 Å². The third-order valence-corrected chi connectivity index (χ3v) is 9.59. The molecule has 1 fully saturated rings. The second-order valence-electron chi connectivity index (χ2n) is 10.8. The molecular formula is C33H31BrN4O4S. The number of benzene rings is 3. The van der Waals surface area contributed by atoms with Crippen molar-refractivity contribution in [3.8, 4) is 5.75 Å². The van der Waals surface area contributed by atoms with Gasteiger partial charge in [0.15, 0.2) is 0 Å². The molecule has 0 radical (unpaired) electrons. The van der Waals surface area contributed by atoms with Crippen LogP contribution in [0, 0.1) is 5.92 Å². The second kappa shape index (κ2) is 12.3. The number of nitrogens with zero attached hydrogens (tertiary/aromatic N) is 2. The van der Waals surface area contributed by atoms with Crippen LogP contribution in [0.1, 0.15) is 38.7 Å². The molecule has 1 aromatic heterocycles. The number of nitrogens with one attached hydrogen (secondary N) is 2. The number of methoxy groups -OCH3 is 1. The average molecular weight is 660 g/mol. The highest BCUT2D eigenvalue weighted by atomic mass is 79.9. The van der Waals surface area contributed by atoms with Crippen molar-refractivity contribution in [1.82, 2.24) is 4.57 Å². The van der Waals surface area contributed by atoms with E-state index in [1.54, 1.807) is 55.3 Å². The first kappa shape index (κ1) is 29.1. The summed E-state index contributed by atoms with van der Waals surface area (Å²) < 4.78 is 7.88. The van der Waals surface area contributed by atoms with E-state index in [9.17, 15) is 14.4 Å². The van der Waals surface area contributed by atoms with Crippen LogP contribution in [-0.4, -0.2) is 42.8 Å². The normalized spacial score (nSPS) is 17.1. The lowest BCUT2D eigenvalue weighted by Crippen LogP contribution is -2.47. The summed E-state index contributed by atoms with van der Waals surface area (Å²) in [6, 6.07) is 23.8. The Kier molecular flexibility index (Phi) is 8.32. The minimum atomic E-state index is -0.327. The largest absolute Gasteiger partial charge is 0.497 e. The summed E-state index contributed by atoms with van der Waals surface area (Å²) in [4.78, 5) is 42.9. The standard InChI is InChI=1S/C33H31BrN4O4S/c1-42-23-11-12-25(34)24(16-23)33(41)36-27-15-21(32(40)35-26-6-3-4-8-30(26)43-2)10-13-29(27)37-17-20-14-22(19-37)28-7-5-9-31(39)38(28)18-20/h3-13,15-16,20,22H,14,17-19H2,1-2H3,(H,35,40)(H,36,41)/t20-,22+/m1/s1. The van der Waals surface area contributed by atoms with Crippen LogP contribution in [0.4, 0.5) is 17.1 Å². The zero-order chi connectivity index (χ0) is 30.1. The minimum Gasteiger partial charge on any atom is -0.497 e. The summed E-state index contributed by atoms with van der Waals surface area (Å²) in [6.45, 7) is 2.09. The van der Waals surface area contributed by atoms with E-state index in [2.05, 4.69) is 31.5 Å². The fraction of sp³-hybridized carbons (Fsp3) is 0.242. The topological polar surface area (TPSA) is 92.7 Å². The molecule has 220 valence electrons. The van der Waals surface area contributed by atoms with Gasteiger partial charge in [0.1, 0.15) is 5.75 Å². The number of fused-ring (bicyclic) bond motifs is 4. The van der Waals surface area contributed by atoms with Crippen LogP contribution in [0.15, 0.2) is 93.0 Å². The SMILES string of the molecule is COc1ccc(Br)c(C(=O)Nc2cc(C(=O)Nc3ccccc3SC)ccc2N2C[C@H]3C[C@@H](C2)c2cccc(=O)n2C3)c1. The van der Waals surface area contributed by atoms with Crippen molar-refractivity contribution in [2.24, 2.45) is 5.92 Å². The first-order valence-electron chi connectivity index (χ1n) is 14.0. The van der Waals surface area contributed by atoms with Crippen LogP contribution in [0.25, 0.3) is 0 Å². The van der Waals surface area contributed by atoms with Crippen LogP contribution < -0.4 is 25.8 Å². The highest BCUT2D eigenvalue weighted by Crippen LogP contribution is 2.40. The van der Waals surface area contributed by atoms with Crippen molar-refractivity contribution in [3.63, 3.8) is 0 Å². The van der Waals surface area contributed by atoms with Crippen LogP contribution in [0.3, 0.4) is 0 Å². The number of carbonyl (C=O) groups is 2. The van der Waals surface area contributed by atoms with Gasteiger partial charge in [0, 0.05) is 52.2 Å². The van der Waals surface area contributed by atoms with Gasteiger partial charge in [0.25, 0.3) is 17.4 Å². The van der Waals surface area contributed by atoms with Gasteiger partial charge in [-0.3, -0.25) is 14.4 Å². The Morgan fingerprint density at radius 1 is 0.907 bits per heavy atom. The molecule has 0 saturated carbocycles. The molecule has 2 amide bonds. The Morgan fingerprint density at radius 2 is 1.72 bits per heavy atom. The molecule has 3 heterocycles. The van der Waals surface area contributed by atoms with Gasteiger partial charge in [-0.05, 0) is 89.1 Å². The van der Waals surface area contributed by atoms with Gasteiger partial charge in [-0.25, -0.2) is 0 Å². The summed E-state index contributed by atoms with van der Waals surface area (Å²) in [7, 11) is 1.56. The lowest BCUT2D eigenvalue weighted by molar-refractivity contribution is 0.101. The Hall–Kier alpha value is -4.02. The maximum absolute atomic E-state index is 13.6. The maximum atomic E-state index is 13.6. The van der Waals surface area contributed by atoms with Crippen molar-refractivity contribution in [2.75, 3.05) is 42.0 Å². The van der Waals surface area contributed by atoms with Gasteiger partial charge >= 0.3 is 0 Å². The number of ether oxygens (including phenoxy) is 1. The fourth-order valence-electron chi connectivity index (χ4n) is 6.08. The number of thioether (sulfide) groups is 1. The van der Waals surface area contributed by atoms with E-state index in [0.717, 1.165) is 34.9 Å². The fourth-order valence-corrected chi connectivity index (χ4v) is 7.06. The van der Waals surface area contributed by atoms with Crippen molar-refractivity contribution in [2.45, 2.75) is 23.8 Å². The summed E-state index contributed by atoms with van der Waals surface area (Å²) >= 11 is 5.05. The molecule has 2 aliphatic heterocycles. The molecule has 3 aromatic carbocycles. The first-order chi connectivity index (χ1) is 20.8. The van der Waals surface area contributed by atoms with Gasteiger partial charge in [-0.15, -0.1) is 11.8 Å². The lowest BCUT2D eigenvalue weighted by Gasteiger charge is -2.44. The van der Waals surface area contributed by atoms with E-state index in [-0.39, 0.29) is 29.2 Å². The Bertz CT molecular complexity index is 1770. The number of pyridine rings is 1. The van der Waals surface area contributed by atoms with Gasteiger partial charge in [0.2, 0.25) is 0 Å². The van der Waals surface area contributed by atoms with E-state index in [4.69, 9.17) is 4.74 Å². The molecule has 2 N–H and O–H groups in total. The van der Waals surface area contributed by atoms with Crippen molar-refractivity contribution < 1.29 is 14.3 Å². The summed E-state index contributed by atoms with van der Waals surface area (Å²) in [5.74, 6) is 0.435. The molecule has 4 aromatic rings. The quantitative estimate of drug-likeness (QED) is 0.221. The van der Waals surface area contributed by atoms with E-state index in [1.165, 1.54) is 0 Å². The molecule has 0 unspecified atom stereocenters. The number of halogens is 1. The molecule has 10 heteroatoms. The Labute approximate surface area is 262 Å². The highest BCUT2D eigenvalue weighted by Gasteiger charge is 2.35. The van der Waals surface area contributed by atoms with Crippen LogP contribution in [0.2, 0.25) is 0 Å². The molecule has 2 bridgehead atoms. The maximum Gasteiger partial charge on any atom is 0.257 e. The number of rotatable bonds is 7. The molecule has 43 heavy (non-hydrogen) atoms. The van der Waals surface area contributed by atoms with Crippen LogP contribution >= 0.6 is 27.7 Å². The number of anilines is 3. The van der Waals surface area contributed by atoms with Crippen molar-refractivity contribution in [1.29, 1.82) is 0 Å². The molecule has 6 rings (SSSR count). The highest BCUT2D eigenvalue weighted by molar-refractivity contribution is 9.10. The third-order valence-electron chi connectivity index (χ3n) is 8.10. The molecule has 2 aliphatic rings. The zero-order valence-corrected chi connectivity index (χ0v) is 26.2. The van der Waals surface area contributed by atoms with E-state index in [1.807, 2.05) is 53.3 Å². The van der Waals surface area contributed by atoms with E-state index >= 15 is 0 Å². The number of para-hydroxylation sites is 1. The molecule has 8 nitrogen and oxygen atoms in total. The number of amides is 2. The third kappa shape index (κ3) is 5.94. The average Bonchev–Trinajstić information content (AvgIpc) is 3.02. The number of aromatic nitrogens is 1. The smallest absolute Gasteiger partial charge is 0.257 e. The number of piperidine rings is 1. The van der Waals surface area contributed by atoms with Crippen LogP contribution in [-0.2, 0) is 6.54 Å². The lowest BCUT2D eigenvalue weighted by atomic mass is 9.83. The Balaban J connectivity index is 1.35. The summed E-state index contributed by atoms with van der Waals surface area (Å²) in [5, 5.41) is 6.11. The van der Waals surface area contributed by atoms with Gasteiger partial charge < -0.3 is 24.8 Å². The van der Waals surface area contributed by atoms with Gasteiger partial charge in [-0.2, -0.15) is 0 Å². The van der Waals surface area contributed by atoms with Gasteiger partial charge in [-0.1, -0.05) is 18.2 Å². The molecule has 2 atom stereocenters. The summed E-state index contributed by atoms with van der Waals surface area (Å²) in [6.07, 6.45) is 2.97. The molecular weight excluding hydrogens is 628 g/mol. The Morgan fingerprint density at radius 3 is 2.53 bits per heavy atom. The van der Waals surface area contributed by atoms with Gasteiger partial charge in [0.05, 0.1) is 29.7 Å². The number of carbonyl (C=O) groups excluding carboxylic acids is 2. The first-order valence-corrected chi connectivity index (χ1v) is 16.0. The van der Waals surface area contributed by atoms with E-state index in [0.29, 0.717) is 40.1 Å². The predicted octanol–water partition coefficient (Wildman–Crippen LogP) is 6.47. The van der Waals surface area contributed by atoms with Crippen molar-refractivity contribution in [3.05, 3.63) is 111 Å². The minimum absolute atomic E-state index is 0.0379. The number of hydrogen-bond acceptors (Lipinski definition) is 6. The predicted molar refractivity (Wildman–Crippen MR) is 175 cm³/mol. The molecule has 0 spiro atoms. The molecule has 0 aliphatic carbocycles. The van der Waals surface area contributed by atoms with Crippen molar-refractivity contribution >= 4 is 56.6 Å². The zero-order valence-electron chi connectivity index (χ0n) is 23.8. The summed E-state index contributed by atoms with van der Waals surface area (Å²) in [5.41, 5.74) is 4.02.